The van der Waals surface area contributed by atoms with E-state index in [2.05, 4.69) is 10.1 Å². The first kappa shape index (κ1) is 22.6. The monoisotopic (exact) mass is 413 g/mol. The Morgan fingerprint density at radius 2 is 1.37 bits per heavy atom. The smallest absolute Gasteiger partial charge is 0.408 e. The van der Waals surface area contributed by atoms with Crippen molar-refractivity contribution < 1.29 is 33.4 Å². The van der Waals surface area contributed by atoms with E-state index in [-0.39, 0.29) is 13.2 Å². The van der Waals surface area contributed by atoms with Crippen LogP contribution in [0.5, 0.6) is 0 Å². The molecular weight excluding hydrogens is 390 g/mol. The van der Waals surface area contributed by atoms with Gasteiger partial charge >= 0.3 is 18.0 Å². The maximum absolute atomic E-state index is 12.5. The average molecular weight is 413 g/mol. The highest BCUT2D eigenvalue weighted by atomic mass is 16.6. The minimum Gasteiger partial charge on any atom is -0.469 e. The van der Waals surface area contributed by atoms with Crippen LogP contribution in [0.3, 0.4) is 0 Å². The number of alkyl carbamates (subject to hydrolysis) is 1. The molecule has 2 aromatic carbocycles. The molecule has 0 fully saturated rings. The van der Waals surface area contributed by atoms with Crippen LogP contribution in [0.2, 0.25) is 0 Å². The van der Waals surface area contributed by atoms with Crippen molar-refractivity contribution in [3.63, 3.8) is 0 Å². The molecule has 2 rings (SSSR count). The molecule has 1 N–H and O–H groups in total. The molecule has 0 aromatic heterocycles. The Labute approximate surface area is 174 Å². The zero-order chi connectivity index (χ0) is 21.8. The number of hydrogen-bond acceptors (Lipinski definition) is 7. The van der Waals surface area contributed by atoms with Gasteiger partial charge in [-0.2, -0.15) is 0 Å². The van der Waals surface area contributed by atoms with Crippen LogP contribution in [-0.4, -0.2) is 37.0 Å². The van der Waals surface area contributed by atoms with Gasteiger partial charge in [-0.05, 0) is 11.1 Å². The lowest BCUT2D eigenvalue weighted by atomic mass is 10.1. The van der Waals surface area contributed by atoms with Gasteiger partial charge in [-0.1, -0.05) is 60.7 Å². The Kier molecular flexibility index (Phi) is 9.05. The van der Waals surface area contributed by atoms with E-state index < -0.39 is 42.7 Å². The number of ketones is 1. The number of Topliss-reactive ketones (excluding diaryl/α,β-unsaturated/α-hetero) is 1. The molecule has 8 heteroatoms. The molecule has 30 heavy (non-hydrogen) atoms. The number of carbonyl (C=O) groups is 4. The molecule has 0 aliphatic carbocycles. The van der Waals surface area contributed by atoms with Crippen molar-refractivity contribution in [2.45, 2.75) is 32.1 Å². The van der Waals surface area contributed by atoms with Crippen molar-refractivity contribution in [3.8, 4) is 0 Å². The number of amides is 1. The number of ether oxygens (including phenoxy) is 3. The summed E-state index contributed by atoms with van der Waals surface area (Å²) in [7, 11) is 1.15. The number of carbonyl (C=O) groups excluding carboxylic acids is 4. The molecule has 0 radical (unpaired) electrons. The van der Waals surface area contributed by atoms with E-state index in [1.165, 1.54) is 0 Å². The SMILES string of the molecule is COC(=O)CC(=O)C[C@H](NC(=O)OCc1ccccc1)C(=O)OCc1ccccc1. The summed E-state index contributed by atoms with van der Waals surface area (Å²) in [5, 5.41) is 2.34. The Balaban J connectivity index is 1.96. The summed E-state index contributed by atoms with van der Waals surface area (Å²) in [6.07, 6.45) is -1.82. The van der Waals surface area contributed by atoms with Crippen molar-refractivity contribution in [1.82, 2.24) is 5.32 Å². The van der Waals surface area contributed by atoms with Crippen molar-refractivity contribution in [2.24, 2.45) is 0 Å². The minimum absolute atomic E-state index is 0.00539. The second-order valence-electron chi connectivity index (χ2n) is 6.35. The fourth-order valence-electron chi connectivity index (χ4n) is 2.46. The van der Waals surface area contributed by atoms with Crippen LogP contribution < -0.4 is 5.32 Å². The molecule has 2 aromatic rings. The third kappa shape index (κ3) is 8.14. The van der Waals surface area contributed by atoms with E-state index in [1.54, 1.807) is 48.5 Å². The average Bonchev–Trinajstić information content (AvgIpc) is 2.76. The summed E-state index contributed by atoms with van der Waals surface area (Å²) >= 11 is 0. The maximum atomic E-state index is 12.5. The largest absolute Gasteiger partial charge is 0.469 e. The van der Waals surface area contributed by atoms with Gasteiger partial charge in [-0.3, -0.25) is 9.59 Å². The zero-order valence-corrected chi connectivity index (χ0v) is 16.5. The highest BCUT2D eigenvalue weighted by molar-refractivity contribution is 5.98. The van der Waals surface area contributed by atoms with Gasteiger partial charge in [0.25, 0.3) is 0 Å². The Bertz CT molecular complexity index is 852. The van der Waals surface area contributed by atoms with Crippen LogP contribution >= 0.6 is 0 Å². The van der Waals surface area contributed by atoms with Gasteiger partial charge in [-0.15, -0.1) is 0 Å². The molecule has 1 atom stereocenters. The number of nitrogens with one attached hydrogen (secondary N) is 1. The first-order valence-electron chi connectivity index (χ1n) is 9.24. The number of benzene rings is 2. The third-order valence-electron chi connectivity index (χ3n) is 4.01. The van der Waals surface area contributed by atoms with Crippen molar-refractivity contribution in [1.29, 1.82) is 0 Å². The normalized spacial score (nSPS) is 11.1. The van der Waals surface area contributed by atoms with Gasteiger partial charge in [0.15, 0.2) is 0 Å². The van der Waals surface area contributed by atoms with E-state index in [1.807, 2.05) is 12.1 Å². The lowest BCUT2D eigenvalue weighted by Crippen LogP contribution is -2.43. The predicted octanol–water partition coefficient (Wildman–Crippen LogP) is 2.55. The fourth-order valence-corrected chi connectivity index (χ4v) is 2.46. The molecule has 0 aliphatic rings. The zero-order valence-electron chi connectivity index (χ0n) is 16.5. The molecule has 0 saturated carbocycles. The van der Waals surface area contributed by atoms with Gasteiger partial charge in [0.05, 0.1) is 7.11 Å². The summed E-state index contributed by atoms with van der Waals surface area (Å²) in [6, 6.07) is 16.6. The highest BCUT2D eigenvalue weighted by Crippen LogP contribution is 2.07. The molecule has 158 valence electrons. The summed E-state index contributed by atoms with van der Waals surface area (Å²) in [5.74, 6) is -2.12. The Morgan fingerprint density at radius 1 is 0.833 bits per heavy atom. The quantitative estimate of drug-likeness (QED) is 0.362. The fraction of sp³-hybridized carbons (Fsp3) is 0.273. The van der Waals surface area contributed by atoms with Crippen LogP contribution in [0.4, 0.5) is 4.79 Å². The molecule has 1 amide bonds. The van der Waals surface area contributed by atoms with Gasteiger partial charge in [0.2, 0.25) is 0 Å². The van der Waals surface area contributed by atoms with Crippen LogP contribution in [0.1, 0.15) is 24.0 Å². The number of hydrogen-bond donors (Lipinski definition) is 1. The number of methoxy groups -OCH3 is 1. The van der Waals surface area contributed by atoms with Crippen LogP contribution in [0, 0.1) is 0 Å². The van der Waals surface area contributed by atoms with Gasteiger partial charge in [-0.25, -0.2) is 9.59 Å². The van der Waals surface area contributed by atoms with Crippen LogP contribution in [0.25, 0.3) is 0 Å². The van der Waals surface area contributed by atoms with E-state index in [9.17, 15) is 19.2 Å². The summed E-state index contributed by atoms with van der Waals surface area (Å²) in [4.78, 5) is 47.9. The number of esters is 2. The molecule has 0 heterocycles. The molecule has 0 saturated heterocycles. The second-order valence-corrected chi connectivity index (χ2v) is 6.35. The molecular formula is C22H23NO7. The van der Waals surface area contributed by atoms with Gasteiger partial charge in [0.1, 0.15) is 31.5 Å². The molecule has 8 nitrogen and oxygen atoms in total. The second kappa shape index (κ2) is 12.0. The minimum atomic E-state index is -1.30. The summed E-state index contributed by atoms with van der Waals surface area (Å²) < 4.78 is 14.8. The molecule has 0 unspecified atom stereocenters. The van der Waals surface area contributed by atoms with Crippen LogP contribution in [-0.2, 0) is 41.8 Å². The lowest BCUT2D eigenvalue weighted by molar-refractivity contribution is -0.150. The number of rotatable bonds is 10. The summed E-state index contributed by atoms with van der Waals surface area (Å²) in [6.45, 7) is -0.0311. The standard InChI is InChI=1S/C22H23NO7/c1-28-20(25)13-18(24)12-19(21(26)29-14-16-8-4-2-5-9-16)23-22(27)30-15-17-10-6-3-7-11-17/h2-11,19H,12-15H2,1H3,(H,23,27)/t19-/m0/s1. The van der Waals surface area contributed by atoms with Crippen molar-refractivity contribution in [2.75, 3.05) is 7.11 Å². The Hall–Kier alpha value is -3.68. The maximum Gasteiger partial charge on any atom is 0.408 e. The first-order valence-corrected chi connectivity index (χ1v) is 9.24. The molecule has 0 aliphatic heterocycles. The van der Waals surface area contributed by atoms with Crippen molar-refractivity contribution in [3.05, 3.63) is 71.8 Å². The summed E-state index contributed by atoms with van der Waals surface area (Å²) in [5.41, 5.74) is 1.51. The first-order chi connectivity index (χ1) is 14.5. The van der Waals surface area contributed by atoms with Gasteiger partial charge in [0, 0.05) is 6.42 Å². The topological polar surface area (TPSA) is 108 Å². The Morgan fingerprint density at radius 3 is 1.90 bits per heavy atom. The molecule has 0 bridgehead atoms. The van der Waals surface area contributed by atoms with E-state index in [4.69, 9.17) is 9.47 Å². The van der Waals surface area contributed by atoms with E-state index >= 15 is 0 Å². The third-order valence-corrected chi connectivity index (χ3v) is 4.01. The van der Waals surface area contributed by atoms with E-state index in [0.717, 1.165) is 18.2 Å². The lowest BCUT2D eigenvalue weighted by Gasteiger charge is -2.17. The molecule has 0 spiro atoms. The van der Waals surface area contributed by atoms with Gasteiger partial charge < -0.3 is 19.5 Å². The van der Waals surface area contributed by atoms with E-state index in [0.29, 0.717) is 0 Å². The predicted molar refractivity (Wildman–Crippen MR) is 106 cm³/mol. The van der Waals surface area contributed by atoms with Crippen molar-refractivity contribution >= 4 is 23.8 Å². The highest BCUT2D eigenvalue weighted by Gasteiger charge is 2.27. The van der Waals surface area contributed by atoms with Crippen LogP contribution in [0.15, 0.2) is 60.7 Å².